The molecule has 3 aromatic carbocycles. The molecule has 134 valence electrons. The standard InChI is InChI=1S/C23H19NO3/c1-26-19-13-11-17(12-14-19)22(16-7-3-2-4-8-16)24-23(25)21-15-18-9-5-6-10-20(18)27-21/h2-15,22H,1H3,(H,24,25)/t22-/m0/s1. The van der Waals surface area contributed by atoms with Gasteiger partial charge in [-0.2, -0.15) is 0 Å². The first-order valence-electron chi connectivity index (χ1n) is 8.73. The highest BCUT2D eigenvalue weighted by Gasteiger charge is 2.20. The van der Waals surface area contributed by atoms with Crippen LogP contribution in [0.4, 0.5) is 0 Å². The van der Waals surface area contributed by atoms with Crippen molar-refractivity contribution < 1.29 is 13.9 Å². The van der Waals surface area contributed by atoms with Gasteiger partial charge in [0, 0.05) is 5.39 Å². The number of hydrogen-bond acceptors (Lipinski definition) is 3. The van der Waals surface area contributed by atoms with E-state index >= 15 is 0 Å². The minimum atomic E-state index is -0.294. The number of nitrogens with one attached hydrogen (secondary N) is 1. The molecule has 0 radical (unpaired) electrons. The Hall–Kier alpha value is -3.53. The van der Waals surface area contributed by atoms with Crippen molar-refractivity contribution in [1.29, 1.82) is 0 Å². The van der Waals surface area contributed by atoms with Crippen LogP contribution in [0.3, 0.4) is 0 Å². The summed E-state index contributed by atoms with van der Waals surface area (Å²) in [5.41, 5.74) is 2.65. The minimum Gasteiger partial charge on any atom is -0.497 e. The molecule has 1 atom stereocenters. The molecule has 1 amide bonds. The van der Waals surface area contributed by atoms with Gasteiger partial charge in [-0.15, -0.1) is 0 Å². The number of carbonyl (C=O) groups excluding carboxylic acids is 1. The Bertz CT molecular complexity index is 1020. The number of benzene rings is 3. The lowest BCUT2D eigenvalue weighted by Crippen LogP contribution is -2.29. The van der Waals surface area contributed by atoms with Gasteiger partial charge in [-0.05, 0) is 35.4 Å². The Balaban J connectivity index is 1.66. The number of fused-ring (bicyclic) bond motifs is 1. The number of furan rings is 1. The zero-order chi connectivity index (χ0) is 18.6. The van der Waals surface area contributed by atoms with Gasteiger partial charge in [-0.3, -0.25) is 4.79 Å². The van der Waals surface area contributed by atoms with E-state index in [1.807, 2.05) is 78.9 Å². The van der Waals surface area contributed by atoms with Crippen LogP contribution >= 0.6 is 0 Å². The highest BCUT2D eigenvalue weighted by Crippen LogP contribution is 2.25. The second-order valence-corrected chi connectivity index (χ2v) is 6.24. The third kappa shape index (κ3) is 3.55. The van der Waals surface area contributed by atoms with Crippen molar-refractivity contribution in [3.63, 3.8) is 0 Å². The first-order chi connectivity index (χ1) is 13.2. The van der Waals surface area contributed by atoms with Gasteiger partial charge in [0.2, 0.25) is 0 Å². The fourth-order valence-electron chi connectivity index (χ4n) is 3.10. The van der Waals surface area contributed by atoms with Gasteiger partial charge in [0.05, 0.1) is 13.2 Å². The lowest BCUT2D eigenvalue weighted by molar-refractivity contribution is 0.0917. The van der Waals surface area contributed by atoms with E-state index in [0.717, 1.165) is 22.3 Å². The molecule has 0 saturated heterocycles. The second-order valence-electron chi connectivity index (χ2n) is 6.24. The van der Waals surface area contributed by atoms with Crippen LogP contribution in [0.2, 0.25) is 0 Å². The van der Waals surface area contributed by atoms with Crippen molar-refractivity contribution in [3.05, 3.63) is 102 Å². The molecule has 4 rings (SSSR count). The molecule has 0 saturated carbocycles. The van der Waals surface area contributed by atoms with Crippen LogP contribution < -0.4 is 10.1 Å². The highest BCUT2D eigenvalue weighted by atomic mass is 16.5. The summed E-state index contributed by atoms with van der Waals surface area (Å²) in [5.74, 6) is 0.815. The lowest BCUT2D eigenvalue weighted by Gasteiger charge is -2.19. The average molecular weight is 357 g/mol. The fraction of sp³-hybridized carbons (Fsp3) is 0.0870. The smallest absolute Gasteiger partial charge is 0.287 e. The maximum absolute atomic E-state index is 12.9. The summed E-state index contributed by atoms with van der Waals surface area (Å²) >= 11 is 0. The van der Waals surface area contributed by atoms with Crippen LogP contribution in [-0.2, 0) is 0 Å². The SMILES string of the molecule is COc1ccc([C@@H](NC(=O)c2cc3ccccc3o2)c2ccccc2)cc1. The van der Waals surface area contributed by atoms with Gasteiger partial charge in [0.15, 0.2) is 5.76 Å². The maximum atomic E-state index is 12.9. The number of hydrogen-bond donors (Lipinski definition) is 1. The van der Waals surface area contributed by atoms with Gasteiger partial charge in [-0.1, -0.05) is 60.7 Å². The molecular weight excluding hydrogens is 338 g/mol. The summed E-state index contributed by atoms with van der Waals surface area (Å²) in [5, 5.41) is 4.00. The first kappa shape index (κ1) is 16.9. The van der Waals surface area contributed by atoms with E-state index in [1.54, 1.807) is 13.2 Å². The van der Waals surface area contributed by atoms with Gasteiger partial charge in [0.1, 0.15) is 11.3 Å². The molecule has 4 nitrogen and oxygen atoms in total. The van der Waals surface area contributed by atoms with Crippen molar-refractivity contribution in [2.75, 3.05) is 7.11 Å². The number of rotatable bonds is 5. The van der Waals surface area contributed by atoms with Crippen molar-refractivity contribution in [2.24, 2.45) is 0 Å². The summed E-state index contributed by atoms with van der Waals surface area (Å²) < 4.78 is 10.9. The Kier molecular flexibility index (Phi) is 4.62. The van der Waals surface area contributed by atoms with Crippen LogP contribution in [0.1, 0.15) is 27.7 Å². The second kappa shape index (κ2) is 7.38. The number of para-hydroxylation sites is 1. The Morgan fingerprint density at radius 3 is 2.26 bits per heavy atom. The van der Waals surface area contributed by atoms with Crippen LogP contribution in [-0.4, -0.2) is 13.0 Å². The van der Waals surface area contributed by atoms with E-state index in [4.69, 9.17) is 9.15 Å². The molecule has 4 heteroatoms. The number of carbonyl (C=O) groups is 1. The van der Waals surface area contributed by atoms with Gasteiger partial charge in [-0.25, -0.2) is 0 Å². The van der Waals surface area contributed by atoms with E-state index in [2.05, 4.69) is 5.32 Å². The minimum absolute atomic E-state index is 0.254. The zero-order valence-corrected chi connectivity index (χ0v) is 14.9. The molecule has 1 heterocycles. The summed E-state index contributed by atoms with van der Waals surface area (Å²) in [6.45, 7) is 0. The van der Waals surface area contributed by atoms with Crippen LogP contribution in [0.25, 0.3) is 11.0 Å². The van der Waals surface area contributed by atoms with Crippen LogP contribution in [0.5, 0.6) is 5.75 Å². The third-order valence-electron chi connectivity index (χ3n) is 4.51. The number of ether oxygens (including phenoxy) is 1. The van der Waals surface area contributed by atoms with E-state index < -0.39 is 0 Å². The zero-order valence-electron chi connectivity index (χ0n) is 14.9. The predicted molar refractivity (Wildman–Crippen MR) is 105 cm³/mol. The molecule has 27 heavy (non-hydrogen) atoms. The van der Waals surface area contributed by atoms with Gasteiger partial charge < -0.3 is 14.5 Å². The largest absolute Gasteiger partial charge is 0.497 e. The molecule has 0 aliphatic heterocycles. The van der Waals surface area contributed by atoms with Crippen molar-refractivity contribution in [2.45, 2.75) is 6.04 Å². The highest BCUT2D eigenvalue weighted by molar-refractivity contribution is 5.96. The summed E-state index contributed by atoms with van der Waals surface area (Å²) in [7, 11) is 1.63. The number of methoxy groups -OCH3 is 1. The molecular formula is C23H19NO3. The summed E-state index contributed by atoms with van der Waals surface area (Å²) in [6, 6.07) is 26.6. The third-order valence-corrected chi connectivity index (χ3v) is 4.51. The molecule has 0 bridgehead atoms. The van der Waals surface area contributed by atoms with Crippen molar-refractivity contribution in [1.82, 2.24) is 5.32 Å². The van der Waals surface area contributed by atoms with Crippen molar-refractivity contribution >= 4 is 16.9 Å². The number of amides is 1. The lowest BCUT2D eigenvalue weighted by atomic mass is 9.98. The fourth-order valence-corrected chi connectivity index (χ4v) is 3.10. The molecule has 1 N–H and O–H groups in total. The van der Waals surface area contributed by atoms with E-state index in [1.165, 1.54) is 0 Å². The molecule has 0 unspecified atom stereocenters. The molecule has 0 spiro atoms. The average Bonchev–Trinajstić information content (AvgIpc) is 3.17. The molecule has 4 aromatic rings. The summed E-state index contributed by atoms with van der Waals surface area (Å²) in [4.78, 5) is 12.9. The Morgan fingerprint density at radius 1 is 0.889 bits per heavy atom. The predicted octanol–water partition coefficient (Wildman–Crippen LogP) is 4.96. The van der Waals surface area contributed by atoms with Gasteiger partial charge in [0.25, 0.3) is 5.91 Å². The molecule has 0 aliphatic carbocycles. The molecule has 0 fully saturated rings. The van der Waals surface area contributed by atoms with Gasteiger partial charge >= 0.3 is 0 Å². The van der Waals surface area contributed by atoms with E-state index in [0.29, 0.717) is 11.3 Å². The summed E-state index contributed by atoms with van der Waals surface area (Å²) in [6.07, 6.45) is 0. The monoisotopic (exact) mass is 357 g/mol. The van der Waals surface area contributed by atoms with Crippen molar-refractivity contribution in [3.8, 4) is 5.75 Å². The van der Waals surface area contributed by atoms with E-state index in [9.17, 15) is 4.79 Å². The first-order valence-corrected chi connectivity index (χ1v) is 8.73. The quantitative estimate of drug-likeness (QED) is 0.549. The van der Waals surface area contributed by atoms with Crippen LogP contribution in [0, 0.1) is 0 Å². The van der Waals surface area contributed by atoms with E-state index in [-0.39, 0.29) is 11.9 Å². The maximum Gasteiger partial charge on any atom is 0.287 e. The normalized spacial score (nSPS) is 11.9. The molecule has 0 aliphatic rings. The topological polar surface area (TPSA) is 51.5 Å². The Morgan fingerprint density at radius 2 is 1.56 bits per heavy atom. The van der Waals surface area contributed by atoms with Crippen LogP contribution in [0.15, 0.2) is 89.3 Å². The molecule has 1 aromatic heterocycles. The Labute approximate surface area is 157 Å².